The molecule has 1 saturated heterocycles. The van der Waals surface area contributed by atoms with Crippen LogP contribution in [0.15, 0.2) is 30.7 Å². The molecule has 0 aliphatic carbocycles. The molecule has 1 fully saturated rings. The van der Waals surface area contributed by atoms with Gasteiger partial charge in [-0.2, -0.15) is 5.10 Å². The van der Waals surface area contributed by atoms with Gasteiger partial charge in [0.25, 0.3) is 0 Å². The van der Waals surface area contributed by atoms with Gasteiger partial charge in [0.15, 0.2) is 5.65 Å². The molecule has 1 amide bonds. The molecule has 2 aromatic heterocycles. The lowest BCUT2D eigenvalue weighted by Crippen LogP contribution is -2.33. The number of benzene rings is 1. The number of carbonyl (C=O) groups is 1. The molecule has 1 aliphatic heterocycles. The molecule has 4 rings (SSSR count). The minimum atomic E-state index is -0.164. The van der Waals surface area contributed by atoms with Crippen LogP contribution in [0.5, 0.6) is 0 Å². The van der Waals surface area contributed by atoms with Crippen molar-refractivity contribution in [3.05, 3.63) is 41.3 Å². The molecule has 0 atom stereocenters. The molecule has 1 aliphatic rings. The highest BCUT2D eigenvalue weighted by molar-refractivity contribution is 6.30. The number of nitrogens with one attached hydrogen (secondary N) is 1. The number of fused-ring (bicyclic) bond motifs is 1. The summed E-state index contributed by atoms with van der Waals surface area (Å²) in [5, 5.41) is 8.83. The number of amides is 1. The number of rotatable bonds is 4. The SMILES string of the molecule is Cc1cc(Cl)ccc1NC(=O)Cn1ncc2c(N3CCC(C)CC3)ncnc21. The first-order valence-electron chi connectivity index (χ1n) is 9.48. The maximum Gasteiger partial charge on any atom is 0.246 e. The van der Waals surface area contributed by atoms with Gasteiger partial charge < -0.3 is 10.2 Å². The zero-order valence-electron chi connectivity index (χ0n) is 16.0. The van der Waals surface area contributed by atoms with Crippen molar-refractivity contribution in [3.63, 3.8) is 0 Å². The lowest BCUT2D eigenvalue weighted by molar-refractivity contribution is -0.116. The van der Waals surface area contributed by atoms with Gasteiger partial charge in [-0.15, -0.1) is 0 Å². The van der Waals surface area contributed by atoms with E-state index in [-0.39, 0.29) is 12.5 Å². The Bertz CT molecular complexity index is 1010. The molecule has 28 heavy (non-hydrogen) atoms. The van der Waals surface area contributed by atoms with E-state index in [1.165, 1.54) is 0 Å². The van der Waals surface area contributed by atoms with E-state index in [1.807, 2.05) is 13.0 Å². The van der Waals surface area contributed by atoms with E-state index in [4.69, 9.17) is 11.6 Å². The van der Waals surface area contributed by atoms with Crippen LogP contribution in [0, 0.1) is 12.8 Å². The average Bonchev–Trinajstić information content (AvgIpc) is 3.08. The second kappa shape index (κ2) is 7.75. The van der Waals surface area contributed by atoms with Crippen molar-refractivity contribution < 1.29 is 4.79 Å². The van der Waals surface area contributed by atoms with Crippen LogP contribution in [-0.4, -0.2) is 38.7 Å². The van der Waals surface area contributed by atoms with Crippen LogP contribution in [0.2, 0.25) is 5.02 Å². The zero-order chi connectivity index (χ0) is 19.7. The van der Waals surface area contributed by atoms with Crippen LogP contribution in [0.1, 0.15) is 25.3 Å². The van der Waals surface area contributed by atoms with Crippen molar-refractivity contribution in [2.24, 2.45) is 5.92 Å². The van der Waals surface area contributed by atoms with Crippen LogP contribution in [0.25, 0.3) is 11.0 Å². The molecule has 0 saturated carbocycles. The highest BCUT2D eigenvalue weighted by Crippen LogP contribution is 2.27. The first-order chi connectivity index (χ1) is 13.5. The van der Waals surface area contributed by atoms with Crippen LogP contribution < -0.4 is 10.2 Å². The third kappa shape index (κ3) is 3.80. The molecule has 1 aromatic carbocycles. The normalized spacial score (nSPS) is 15.2. The maximum absolute atomic E-state index is 12.5. The third-order valence-electron chi connectivity index (χ3n) is 5.25. The Kier molecular flexibility index (Phi) is 5.17. The highest BCUT2D eigenvalue weighted by atomic mass is 35.5. The first kappa shape index (κ1) is 18.7. The molecule has 0 radical (unpaired) electrons. The Morgan fingerprint density at radius 1 is 1.29 bits per heavy atom. The van der Waals surface area contributed by atoms with Gasteiger partial charge in [0.2, 0.25) is 5.91 Å². The standard InChI is InChI=1S/C20H23ClN6O/c1-13-5-7-26(8-6-13)19-16-10-24-27(20(16)23-12-22-19)11-18(28)25-17-4-3-15(21)9-14(17)2/h3-4,9-10,12-13H,5-8,11H2,1-2H3,(H,25,28). The topological polar surface area (TPSA) is 75.9 Å². The number of piperidine rings is 1. The summed E-state index contributed by atoms with van der Waals surface area (Å²) in [5.74, 6) is 1.48. The second-order valence-electron chi connectivity index (χ2n) is 7.41. The molecule has 0 bridgehead atoms. The fourth-order valence-corrected chi connectivity index (χ4v) is 3.79. The summed E-state index contributed by atoms with van der Waals surface area (Å²) in [6.45, 7) is 6.23. The van der Waals surface area contributed by atoms with E-state index in [2.05, 4.69) is 32.2 Å². The predicted molar refractivity (Wildman–Crippen MR) is 111 cm³/mol. The summed E-state index contributed by atoms with van der Waals surface area (Å²) in [6.07, 6.45) is 5.61. The number of aromatic nitrogens is 4. The fraction of sp³-hybridized carbons (Fsp3) is 0.400. The van der Waals surface area contributed by atoms with Gasteiger partial charge in [0, 0.05) is 23.8 Å². The van der Waals surface area contributed by atoms with Crippen molar-refractivity contribution in [2.45, 2.75) is 33.2 Å². The van der Waals surface area contributed by atoms with Crippen LogP contribution in [-0.2, 0) is 11.3 Å². The number of hydrogen-bond acceptors (Lipinski definition) is 5. The Morgan fingerprint density at radius 3 is 2.82 bits per heavy atom. The predicted octanol–water partition coefficient (Wildman–Crippen LogP) is 3.66. The quantitative estimate of drug-likeness (QED) is 0.725. The summed E-state index contributed by atoms with van der Waals surface area (Å²) >= 11 is 5.98. The molecule has 7 nitrogen and oxygen atoms in total. The van der Waals surface area contributed by atoms with E-state index in [0.717, 1.165) is 54.3 Å². The minimum absolute atomic E-state index is 0.0824. The van der Waals surface area contributed by atoms with Gasteiger partial charge in [-0.05, 0) is 49.4 Å². The number of carbonyl (C=O) groups excluding carboxylic acids is 1. The van der Waals surface area contributed by atoms with Gasteiger partial charge >= 0.3 is 0 Å². The molecule has 1 N–H and O–H groups in total. The van der Waals surface area contributed by atoms with Crippen molar-refractivity contribution >= 4 is 40.0 Å². The second-order valence-corrected chi connectivity index (χ2v) is 7.85. The van der Waals surface area contributed by atoms with Crippen LogP contribution >= 0.6 is 11.6 Å². The third-order valence-corrected chi connectivity index (χ3v) is 5.49. The lowest BCUT2D eigenvalue weighted by atomic mass is 9.99. The van der Waals surface area contributed by atoms with Crippen molar-refractivity contribution in [3.8, 4) is 0 Å². The smallest absolute Gasteiger partial charge is 0.246 e. The van der Waals surface area contributed by atoms with Gasteiger partial charge in [0.05, 0.1) is 11.6 Å². The first-order valence-corrected chi connectivity index (χ1v) is 9.86. The fourth-order valence-electron chi connectivity index (χ4n) is 3.56. The number of aryl methyl sites for hydroxylation is 1. The highest BCUT2D eigenvalue weighted by Gasteiger charge is 2.21. The summed E-state index contributed by atoms with van der Waals surface area (Å²) < 4.78 is 1.62. The average molecular weight is 399 g/mol. The van der Waals surface area contributed by atoms with Gasteiger partial charge in [-0.3, -0.25) is 4.79 Å². The number of nitrogens with zero attached hydrogens (tertiary/aromatic N) is 5. The molecular weight excluding hydrogens is 376 g/mol. The molecule has 146 valence electrons. The largest absolute Gasteiger partial charge is 0.356 e. The molecular formula is C20H23ClN6O. The molecule has 3 aromatic rings. The Balaban J connectivity index is 1.53. The van der Waals surface area contributed by atoms with Gasteiger partial charge in [-0.25, -0.2) is 14.6 Å². The van der Waals surface area contributed by atoms with Crippen LogP contribution in [0.3, 0.4) is 0 Å². The summed E-state index contributed by atoms with van der Waals surface area (Å²) in [5.41, 5.74) is 2.32. The van der Waals surface area contributed by atoms with Crippen LogP contribution in [0.4, 0.5) is 11.5 Å². The van der Waals surface area contributed by atoms with Crippen molar-refractivity contribution in [1.82, 2.24) is 19.7 Å². The zero-order valence-corrected chi connectivity index (χ0v) is 16.8. The van der Waals surface area contributed by atoms with E-state index < -0.39 is 0 Å². The van der Waals surface area contributed by atoms with E-state index >= 15 is 0 Å². The maximum atomic E-state index is 12.5. The number of halogens is 1. The lowest BCUT2D eigenvalue weighted by Gasteiger charge is -2.31. The Morgan fingerprint density at radius 2 is 2.07 bits per heavy atom. The van der Waals surface area contributed by atoms with E-state index in [9.17, 15) is 4.79 Å². The Labute approximate surface area is 168 Å². The van der Waals surface area contributed by atoms with Gasteiger partial charge in [0.1, 0.15) is 18.7 Å². The van der Waals surface area contributed by atoms with Crippen molar-refractivity contribution in [2.75, 3.05) is 23.3 Å². The van der Waals surface area contributed by atoms with Crippen molar-refractivity contribution in [1.29, 1.82) is 0 Å². The summed E-state index contributed by atoms with van der Waals surface area (Å²) in [7, 11) is 0. The molecule has 3 heterocycles. The van der Waals surface area contributed by atoms with E-state index in [0.29, 0.717) is 10.7 Å². The summed E-state index contributed by atoms with van der Waals surface area (Å²) in [6, 6.07) is 5.38. The van der Waals surface area contributed by atoms with E-state index in [1.54, 1.807) is 29.3 Å². The van der Waals surface area contributed by atoms with Gasteiger partial charge in [-0.1, -0.05) is 18.5 Å². The molecule has 0 unspecified atom stereocenters. The molecule has 8 heteroatoms. The summed E-state index contributed by atoms with van der Waals surface area (Å²) in [4.78, 5) is 23.7. The number of hydrogen-bond donors (Lipinski definition) is 1. The minimum Gasteiger partial charge on any atom is -0.356 e. The monoisotopic (exact) mass is 398 g/mol. The number of anilines is 2. The Hall–Kier alpha value is -2.67. The molecule has 0 spiro atoms.